The lowest BCUT2D eigenvalue weighted by molar-refractivity contribution is 0.986. The monoisotopic (exact) mass is 387 g/mol. The van der Waals surface area contributed by atoms with Crippen LogP contribution in [-0.4, -0.2) is 33.0 Å². The molecule has 0 aliphatic rings. The minimum atomic E-state index is 0.464. The summed E-state index contributed by atoms with van der Waals surface area (Å²) in [6.07, 6.45) is 14.5. The first-order valence-electron chi connectivity index (χ1n) is 9.53. The Bertz CT molecular complexity index is 1380. The Morgan fingerprint density at radius 2 is 1.43 bits per heavy atom. The van der Waals surface area contributed by atoms with Crippen molar-refractivity contribution in [2.24, 2.45) is 0 Å². The van der Waals surface area contributed by atoms with Crippen molar-refractivity contribution in [3.05, 3.63) is 60.9 Å². The highest BCUT2D eigenvalue weighted by atomic mass is 15.1. The molecule has 5 aromatic rings. The maximum Gasteiger partial charge on any atom is 0.138 e. The summed E-state index contributed by atoms with van der Waals surface area (Å²) >= 11 is 0. The van der Waals surface area contributed by atoms with Crippen molar-refractivity contribution in [1.82, 2.24) is 19.9 Å². The third-order valence-electron chi connectivity index (χ3n) is 5.14. The zero-order valence-electron chi connectivity index (χ0n) is 16.1. The number of anilines is 1. The summed E-state index contributed by atoms with van der Waals surface area (Å²) in [4.78, 5) is 19.5. The van der Waals surface area contributed by atoms with Crippen molar-refractivity contribution in [3.8, 4) is 36.1 Å². The van der Waals surface area contributed by atoms with Gasteiger partial charge in [-0.3, -0.25) is 9.97 Å². The first-order valence-corrected chi connectivity index (χ1v) is 9.53. The van der Waals surface area contributed by atoms with Gasteiger partial charge < -0.3 is 9.88 Å². The summed E-state index contributed by atoms with van der Waals surface area (Å²) in [7, 11) is 0. The molecule has 0 saturated carbocycles. The van der Waals surface area contributed by atoms with Gasteiger partial charge >= 0.3 is 0 Å². The second-order valence-corrected chi connectivity index (χ2v) is 6.92. The van der Waals surface area contributed by atoms with E-state index < -0.39 is 0 Å². The number of hydrogen-bond acceptors (Lipinski definition) is 4. The third-order valence-corrected chi connectivity index (χ3v) is 5.14. The minimum Gasteiger partial charge on any atom is -0.349 e. The fourth-order valence-electron chi connectivity index (χ4n) is 3.77. The molecule has 0 atom stereocenters. The Hall–Kier alpha value is -4.35. The molecule has 0 saturated heterocycles. The quantitative estimate of drug-likeness (QED) is 0.367. The van der Waals surface area contributed by atoms with Crippen LogP contribution in [0.4, 0.5) is 5.69 Å². The molecule has 5 heteroatoms. The average molecular weight is 387 g/mol. The predicted octanol–water partition coefficient (Wildman–Crippen LogP) is 4.40. The van der Waals surface area contributed by atoms with E-state index in [1.165, 1.54) is 0 Å². The summed E-state index contributed by atoms with van der Waals surface area (Å²) in [6, 6.07) is 16.0. The molecule has 30 heavy (non-hydrogen) atoms. The van der Waals surface area contributed by atoms with Crippen LogP contribution in [0, 0.1) is 24.7 Å². The standard InChI is InChI=1S/C25H17N5/c1-3-15-30(16-4-2)18-11-9-17(10-12-18)25-28-23-19-7-5-13-26-21(19)22-20(24(23)29-25)8-6-14-27-22/h1-2,5-14H,15-16H2,(H,28,29). The van der Waals surface area contributed by atoms with E-state index in [1.54, 1.807) is 12.4 Å². The fourth-order valence-corrected chi connectivity index (χ4v) is 3.77. The summed E-state index contributed by atoms with van der Waals surface area (Å²) in [5, 5.41) is 1.98. The van der Waals surface area contributed by atoms with Gasteiger partial charge in [0.25, 0.3) is 0 Å². The van der Waals surface area contributed by atoms with E-state index in [4.69, 9.17) is 17.8 Å². The number of imidazole rings is 1. The zero-order valence-corrected chi connectivity index (χ0v) is 16.1. The molecule has 3 heterocycles. The van der Waals surface area contributed by atoms with Gasteiger partial charge in [0.2, 0.25) is 0 Å². The topological polar surface area (TPSA) is 57.7 Å². The summed E-state index contributed by atoms with van der Waals surface area (Å²) < 4.78 is 0. The largest absolute Gasteiger partial charge is 0.349 e. The molecule has 2 aromatic carbocycles. The van der Waals surface area contributed by atoms with E-state index in [0.29, 0.717) is 13.1 Å². The normalized spacial score (nSPS) is 10.9. The average Bonchev–Trinajstić information content (AvgIpc) is 3.25. The Morgan fingerprint density at radius 3 is 2.10 bits per heavy atom. The zero-order chi connectivity index (χ0) is 20.5. The van der Waals surface area contributed by atoms with Crippen molar-refractivity contribution < 1.29 is 0 Å². The van der Waals surface area contributed by atoms with Crippen LogP contribution in [-0.2, 0) is 0 Å². The number of pyridine rings is 2. The van der Waals surface area contributed by atoms with Crippen LogP contribution in [0.5, 0.6) is 0 Å². The van der Waals surface area contributed by atoms with Crippen LogP contribution < -0.4 is 4.90 Å². The second kappa shape index (κ2) is 7.24. The van der Waals surface area contributed by atoms with Crippen LogP contribution in [0.3, 0.4) is 0 Å². The number of benzene rings is 2. The Balaban J connectivity index is 1.66. The van der Waals surface area contributed by atoms with Crippen LogP contribution in [0.1, 0.15) is 0 Å². The van der Waals surface area contributed by atoms with E-state index in [0.717, 1.165) is 49.9 Å². The maximum absolute atomic E-state index is 5.47. The number of hydrogen-bond donors (Lipinski definition) is 1. The number of terminal acetylenes is 2. The molecule has 0 amide bonds. The van der Waals surface area contributed by atoms with Gasteiger partial charge in [-0.15, -0.1) is 12.8 Å². The lowest BCUT2D eigenvalue weighted by Crippen LogP contribution is -2.23. The van der Waals surface area contributed by atoms with Gasteiger partial charge in [-0.2, -0.15) is 0 Å². The Kier molecular flexibility index (Phi) is 4.28. The molecule has 0 aliphatic heterocycles. The number of H-pyrrole nitrogens is 1. The van der Waals surface area contributed by atoms with E-state index in [9.17, 15) is 0 Å². The second-order valence-electron chi connectivity index (χ2n) is 6.92. The summed E-state index contributed by atoms with van der Waals surface area (Å²) in [5.74, 6) is 6.09. The molecular formula is C25H17N5. The van der Waals surface area contributed by atoms with Crippen molar-refractivity contribution in [2.45, 2.75) is 0 Å². The van der Waals surface area contributed by atoms with Crippen LogP contribution in [0.15, 0.2) is 60.9 Å². The lowest BCUT2D eigenvalue weighted by atomic mass is 10.1. The molecule has 0 spiro atoms. The highest BCUT2D eigenvalue weighted by Gasteiger charge is 2.15. The molecule has 5 nitrogen and oxygen atoms in total. The van der Waals surface area contributed by atoms with Crippen molar-refractivity contribution >= 4 is 38.5 Å². The summed E-state index contributed by atoms with van der Waals surface area (Å²) in [6.45, 7) is 0.929. The van der Waals surface area contributed by atoms with E-state index in [-0.39, 0.29) is 0 Å². The molecule has 0 aliphatic carbocycles. The highest BCUT2D eigenvalue weighted by molar-refractivity contribution is 6.21. The van der Waals surface area contributed by atoms with E-state index in [2.05, 4.69) is 26.8 Å². The first kappa shape index (κ1) is 17.7. The van der Waals surface area contributed by atoms with Crippen molar-refractivity contribution in [3.63, 3.8) is 0 Å². The Labute approximate surface area is 173 Å². The van der Waals surface area contributed by atoms with E-state index in [1.807, 2.05) is 53.4 Å². The number of fused-ring (bicyclic) bond motifs is 6. The maximum atomic E-state index is 5.47. The fraction of sp³-hybridized carbons (Fsp3) is 0.0800. The van der Waals surface area contributed by atoms with Crippen LogP contribution in [0.2, 0.25) is 0 Å². The van der Waals surface area contributed by atoms with Gasteiger partial charge in [-0.1, -0.05) is 11.8 Å². The van der Waals surface area contributed by atoms with Gasteiger partial charge in [-0.05, 0) is 48.5 Å². The molecule has 0 fully saturated rings. The van der Waals surface area contributed by atoms with Gasteiger partial charge in [0.1, 0.15) is 5.82 Å². The Morgan fingerprint density at radius 1 is 0.800 bits per heavy atom. The number of nitrogens with one attached hydrogen (secondary N) is 1. The molecule has 0 bridgehead atoms. The van der Waals surface area contributed by atoms with Gasteiger partial charge in [0.15, 0.2) is 0 Å². The molecule has 1 N–H and O–H groups in total. The van der Waals surface area contributed by atoms with Gasteiger partial charge in [0, 0.05) is 34.4 Å². The first-order chi connectivity index (χ1) is 14.8. The van der Waals surface area contributed by atoms with Crippen LogP contribution in [0.25, 0.3) is 44.2 Å². The molecule has 0 unspecified atom stereocenters. The van der Waals surface area contributed by atoms with Crippen LogP contribution >= 0.6 is 0 Å². The van der Waals surface area contributed by atoms with Crippen molar-refractivity contribution in [1.29, 1.82) is 0 Å². The van der Waals surface area contributed by atoms with Gasteiger partial charge in [0.05, 0.1) is 35.2 Å². The SMILES string of the molecule is C#CCN(CC#C)c1ccc(-c2nc3c4cccnc4c4ncccc4c3[nH]2)cc1. The molecular weight excluding hydrogens is 370 g/mol. The molecule has 5 rings (SSSR count). The number of rotatable bonds is 4. The number of nitrogens with zero attached hydrogens (tertiary/aromatic N) is 4. The lowest BCUT2D eigenvalue weighted by Gasteiger charge is -2.19. The highest BCUT2D eigenvalue weighted by Crippen LogP contribution is 2.33. The molecule has 142 valence electrons. The number of aromatic amines is 1. The predicted molar refractivity (Wildman–Crippen MR) is 122 cm³/mol. The third kappa shape index (κ3) is 2.82. The molecule has 3 aromatic heterocycles. The number of aromatic nitrogens is 4. The summed E-state index contributed by atoms with van der Waals surface area (Å²) in [5.41, 5.74) is 5.52. The van der Waals surface area contributed by atoms with E-state index >= 15 is 0 Å². The molecule has 0 radical (unpaired) electrons. The van der Waals surface area contributed by atoms with Gasteiger partial charge in [-0.25, -0.2) is 4.98 Å². The van der Waals surface area contributed by atoms with Crippen molar-refractivity contribution in [2.75, 3.05) is 18.0 Å². The minimum absolute atomic E-state index is 0.464. The smallest absolute Gasteiger partial charge is 0.138 e.